The van der Waals surface area contributed by atoms with Gasteiger partial charge < -0.3 is 5.32 Å². The topological polar surface area (TPSA) is 63.6 Å². The van der Waals surface area contributed by atoms with Crippen LogP contribution in [0.1, 0.15) is 0 Å². The van der Waals surface area contributed by atoms with E-state index in [-0.39, 0.29) is 0 Å². The van der Waals surface area contributed by atoms with Crippen molar-refractivity contribution in [3.05, 3.63) is 49.1 Å². The normalized spacial score (nSPS) is 10.4. The molecule has 1 aromatic carbocycles. The maximum Gasteiger partial charge on any atom is 0.150 e. The molecule has 0 aliphatic rings. The van der Waals surface area contributed by atoms with Crippen LogP contribution in [0.15, 0.2) is 49.1 Å². The molecule has 0 spiro atoms. The van der Waals surface area contributed by atoms with Gasteiger partial charge in [-0.05, 0) is 12.1 Å². The summed E-state index contributed by atoms with van der Waals surface area (Å²) in [5, 5.41) is 3.05. The Bertz CT molecular complexity index is 638. The van der Waals surface area contributed by atoms with Crippen molar-refractivity contribution in [1.82, 2.24) is 19.9 Å². The van der Waals surface area contributed by atoms with Crippen LogP contribution in [0.5, 0.6) is 0 Å². The number of hydrogen-bond acceptors (Lipinski definition) is 5. The molecule has 0 unspecified atom stereocenters. The summed E-state index contributed by atoms with van der Waals surface area (Å²) in [4.78, 5) is 16.8. The molecule has 0 radical (unpaired) electrons. The van der Waals surface area contributed by atoms with Crippen molar-refractivity contribution in [2.75, 3.05) is 5.32 Å². The second-order valence-corrected chi connectivity index (χ2v) is 3.46. The molecule has 0 bridgehead atoms. The molecule has 3 rings (SSSR count). The average Bonchev–Trinajstić information content (AvgIpc) is 2.40. The number of nitrogens with one attached hydrogen (secondary N) is 1. The predicted molar refractivity (Wildman–Crippen MR) is 64.9 cm³/mol. The Balaban J connectivity index is 1.96. The molecule has 0 atom stereocenters. The van der Waals surface area contributed by atoms with Crippen molar-refractivity contribution in [2.45, 2.75) is 0 Å². The fraction of sp³-hybridized carbons (Fsp3) is 0. The molecule has 0 fully saturated rings. The van der Waals surface area contributed by atoms with E-state index in [1.54, 1.807) is 24.8 Å². The number of nitrogens with zero attached hydrogens (tertiary/aromatic N) is 4. The SMILES string of the molecule is c1ccc2nc(Nc3cnccn3)cnc2c1. The molecular weight excluding hydrogens is 214 g/mol. The van der Waals surface area contributed by atoms with Crippen LogP contribution in [0.4, 0.5) is 11.6 Å². The summed E-state index contributed by atoms with van der Waals surface area (Å²) in [5.41, 5.74) is 1.72. The van der Waals surface area contributed by atoms with Crippen LogP contribution in [0.25, 0.3) is 11.0 Å². The molecule has 2 heterocycles. The molecule has 0 aliphatic carbocycles. The first-order valence-corrected chi connectivity index (χ1v) is 5.17. The first-order valence-electron chi connectivity index (χ1n) is 5.17. The summed E-state index contributed by atoms with van der Waals surface area (Å²) in [6, 6.07) is 7.72. The summed E-state index contributed by atoms with van der Waals surface area (Å²) in [6.45, 7) is 0. The van der Waals surface area contributed by atoms with E-state index in [4.69, 9.17) is 0 Å². The third-order valence-electron chi connectivity index (χ3n) is 2.27. The fourth-order valence-corrected chi connectivity index (χ4v) is 1.51. The van der Waals surface area contributed by atoms with Gasteiger partial charge in [-0.25, -0.2) is 9.97 Å². The van der Waals surface area contributed by atoms with E-state index in [0.717, 1.165) is 11.0 Å². The molecule has 5 nitrogen and oxygen atoms in total. The third kappa shape index (κ3) is 2.03. The molecule has 17 heavy (non-hydrogen) atoms. The van der Waals surface area contributed by atoms with Crippen molar-refractivity contribution in [3.63, 3.8) is 0 Å². The summed E-state index contributed by atoms with van der Waals surface area (Å²) >= 11 is 0. The van der Waals surface area contributed by atoms with Crippen LogP contribution >= 0.6 is 0 Å². The summed E-state index contributed by atoms with van der Waals surface area (Å²) < 4.78 is 0. The molecule has 3 aromatic rings. The lowest BCUT2D eigenvalue weighted by Gasteiger charge is -2.04. The van der Waals surface area contributed by atoms with E-state index in [1.165, 1.54) is 0 Å². The smallest absolute Gasteiger partial charge is 0.150 e. The van der Waals surface area contributed by atoms with Crippen LogP contribution in [0, 0.1) is 0 Å². The van der Waals surface area contributed by atoms with Crippen molar-refractivity contribution >= 4 is 22.7 Å². The zero-order valence-electron chi connectivity index (χ0n) is 8.91. The summed E-state index contributed by atoms with van der Waals surface area (Å²) in [5.74, 6) is 1.31. The number of hydrogen-bond donors (Lipinski definition) is 1. The van der Waals surface area contributed by atoms with Gasteiger partial charge in [0.05, 0.1) is 23.4 Å². The molecule has 0 saturated carbocycles. The lowest BCUT2D eigenvalue weighted by Crippen LogP contribution is -1.97. The zero-order valence-corrected chi connectivity index (χ0v) is 8.91. The van der Waals surface area contributed by atoms with Crippen LogP contribution in [-0.4, -0.2) is 19.9 Å². The largest absolute Gasteiger partial charge is 0.322 e. The Morgan fingerprint density at radius 1 is 0.824 bits per heavy atom. The first kappa shape index (κ1) is 9.65. The van der Waals surface area contributed by atoms with E-state index >= 15 is 0 Å². The number of fused-ring (bicyclic) bond motifs is 1. The van der Waals surface area contributed by atoms with Crippen molar-refractivity contribution in [3.8, 4) is 0 Å². The standard InChI is InChI=1S/C12H9N5/c1-2-4-10-9(3-1)15-8-12(16-10)17-11-7-13-5-6-14-11/h1-8H,(H,14,16,17). The molecular formula is C12H9N5. The van der Waals surface area contributed by atoms with Gasteiger partial charge in [0, 0.05) is 12.4 Å². The lowest BCUT2D eigenvalue weighted by atomic mass is 10.3. The molecule has 0 aliphatic heterocycles. The van der Waals surface area contributed by atoms with Gasteiger partial charge in [0.15, 0.2) is 5.82 Å². The molecule has 5 heteroatoms. The van der Waals surface area contributed by atoms with Crippen molar-refractivity contribution in [1.29, 1.82) is 0 Å². The monoisotopic (exact) mass is 223 g/mol. The van der Waals surface area contributed by atoms with E-state index < -0.39 is 0 Å². The molecule has 2 aromatic heterocycles. The minimum Gasteiger partial charge on any atom is -0.322 e. The van der Waals surface area contributed by atoms with Gasteiger partial charge in [-0.2, -0.15) is 0 Å². The van der Waals surface area contributed by atoms with Gasteiger partial charge in [-0.15, -0.1) is 0 Å². The number of benzene rings is 1. The summed E-state index contributed by atoms with van der Waals surface area (Å²) in [7, 11) is 0. The molecule has 82 valence electrons. The minimum absolute atomic E-state index is 0.650. The van der Waals surface area contributed by atoms with E-state index in [1.807, 2.05) is 24.3 Å². The Kier molecular flexibility index (Phi) is 2.34. The second-order valence-electron chi connectivity index (χ2n) is 3.46. The second kappa shape index (κ2) is 4.13. The number of para-hydroxylation sites is 2. The lowest BCUT2D eigenvalue weighted by molar-refractivity contribution is 1.18. The van der Waals surface area contributed by atoms with Crippen LogP contribution in [0.2, 0.25) is 0 Å². The quantitative estimate of drug-likeness (QED) is 0.721. The Hall–Kier alpha value is -2.56. The van der Waals surface area contributed by atoms with E-state index in [0.29, 0.717) is 11.6 Å². The van der Waals surface area contributed by atoms with Crippen molar-refractivity contribution < 1.29 is 0 Å². The van der Waals surface area contributed by atoms with E-state index in [2.05, 4.69) is 25.3 Å². The number of aromatic nitrogens is 4. The Labute approximate surface area is 97.6 Å². The molecule has 1 N–H and O–H groups in total. The third-order valence-corrected chi connectivity index (χ3v) is 2.27. The zero-order chi connectivity index (χ0) is 11.5. The fourth-order valence-electron chi connectivity index (χ4n) is 1.51. The Morgan fingerprint density at radius 3 is 2.53 bits per heavy atom. The maximum absolute atomic E-state index is 4.43. The average molecular weight is 223 g/mol. The highest BCUT2D eigenvalue weighted by atomic mass is 15.1. The highest BCUT2D eigenvalue weighted by Gasteiger charge is 1.99. The summed E-state index contributed by atoms with van der Waals surface area (Å²) in [6.07, 6.45) is 6.56. The van der Waals surface area contributed by atoms with Gasteiger partial charge in [0.1, 0.15) is 5.82 Å². The predicted octanol–water partition coefficient (Wildman–Crippen LogP) is 2.16. The highest BCUT2D eigenvalue weighted by Crippen LogP contribution is 2.14. The van der Waals surface area contributed by atoms with Crippen LogP contribution in [-0.2, 0) is 0 Å². The van der Waals surface area contributed by atoms with Gasteiger partial charge >= 0.3 is 0 Å². The molecule has 0 saturated heterocycles. The first-order chi connectivity index (χ1) is 8.42. The molecule has 0 amide bonds. The minimum atomic E-state index is 0.650. The highest BCUT2D eigenvalue weighted by molar-refractivity contribution is 5.75. The van der Waals surface area contributed by atoms with Crippen molar-refractivity contribution in [2.24, 2.45) is 0 Å². The number of anilines is 2. The van der Waals surface area contributed by atoms with Gasteiger partial charge in [-0.1, -0.05) is 12.1 Å². The van der Waals surface area contributed by atoms with Gasteiger partial charge in [-0.3, -0.25) is 9.97 Å². The van der Waals surface area contributed by atoms with Gasteiger partial charge in [0.25, 0.3) is 0 Å². The Morgan fingerprint density at radius 2 is 1.71 bits per heavy atom. The number of rotatable bonds is 2. The van der Waals surface area contributed by atoms with Crippen LogP contribution in [0.3, 0.4) is 0 Å². The maximum atomic E-state index is 4.43. The van der Waals surface area contributed by atoms with E-state index in [9.17, 15) is 0 Å². The van der Waals surface area contributed by atoms with Crippen LogP contribution < -0.4 is 5.32 Å². The van der Waals surface area contributed by atoms with Gasteiger partial charge in [0.2, 0.25) is 0 Å².